The third-order valence-electron chi connectivity index (χ3n) is 5.18. The summed E-state index contributed by atoms with van der Waals surface area (Å²) in [4.78, 5) is 24.4. The van der Waals surface area contributed by atoms with E-state index in [-0.39, 0.29) is 29.9 Å². The van der Waals surface area contributed by atoms with Gasteiger partial charge in [-0.25, -0.2) is 4.79 Å². The Labute approximate surface area is 162 Å². The number of rotatable bonds is 5. The van der Waals surface area contributed by atoms with E-state index in [0.717, 1.165) is 24.8 Å². The number of hydrogen-bond donors (Lipinski definition) is 3. The molecule has 1 aliphatic carbocycles. The van der Waals surface area contributed by atoms with Crippen molar-refractivity contribution in [3.8, 4) is 5.75 Å². The highest BCUT2D eigenvalue weighted by molar-refractivity contribution is 5.95. The molecule has 3 amide bonds. The average Bonchev–Trinajstić information content (AvgIpc) is 2.61. The number of amides is 3. The van der Waals surface area contributed by atoms with Crippen molar-refractivity contribution in [3.63, 3.8) is 0 Å². The van der Waals surface area contributed by atoms with E-state index in [9.17, 15) is 9.59 Å². The Balaban J connectivity index is 1.90. The van der Waals surface area contributed by atoms with E-state index in [1.807, 2.05) is 18.2 Å². The molecule has 1 aliphatic rings. The monoisotopic (exact) mass is 375 g/mol. The zero-order valence-corrected chi connectivity index (χ0v) is 17.1. The maximum Gasteiger partial charge on any atom is 0.315 e. The van der Waals surface area contributed by atoms with E-state index in [1.165, 1.54) is 6.42 Å². The molecule has 2 unspecified atom stereocenters. The van der Waals surface area contributed by atoms with Gasteiger partial charge in [0, 0.05) is 6.04 Å². The molecular formula is C21H33N3O3. The first-order valence-electron chi connectivity index (χ1n) is 9.73. The first kappa shape index (κ1) is 21.1. The highest BCUT2D eigenvalue weighted by Gasteiger charge is 2.23. The molecule has 1 saturated carbocycles. The average molecular weight is 376 g/mol. The minimum absolute atomic E-state index is 0.0411. The Bertz CT molecular complexity index is 667. The molecule has 0 saturated heterocycles. The summed E-state index contributed by atoms with van der Waals surface area (Å²) < 4.78 is 5.34. The maximum atomic E-state index is 12.3. The first-order chi connectivity index (χ1) is 12.7. The summed E-state index contributed by atoms with van der Waals surface area (Å²) >= 11 is 0. The van der Waals surface area contributed by atoms with Crippen LogP contribution in [0.3, 0.4) is 0 Å². The summed E-state index contributed by atoms with van der Waals surface area (Å²) in [6.07, 6.45) is 4.49. The molecule has 0 radical (unpaired) electrons. The van der Waals surface area contributed by atoms with Gasteiger partial charge in [-0.1, -0.05) is 46.6 Å². The number of urea groups is 1. The lowest BCUT2D eigenvalue weighted by Crippen LogP contribution is -2.47. The lowest BCUT2D eigenvalue weighted by molar-refractivity contribution is -0.115. The summed E-state index contributed by atoms with van der Waals surface area (Å²) in [6.45, 7) is 8.40. The van der Waals surface area contributed by atoms with Gasteiger partial charge in [-0.05, 0) is 41.9 Å². The normalized spacial score (nSPS) is 19.9. The number of benzene rings is 1. The van der Waals surface area contributed by atoms with E-state index in [4.69, 9.17) is 4.74 Å². The van der Waals surface area contributed by atoms with E-state index in [2.05, 4.69) is 43.6 Å². The number of anilines is 1. The maximum absolute atomic E-state index is 12.3. The van der Waals surface area contributed by atoms with Crippen LogP contribution in [0, 0.1) is 5.92 Å². The Hall–Kier alpha value is -2.24. The lowest BCUT2D eigenvalue weighted by Gasteiger charge is -2.29. The molecule has 1 aromatic rings. The van der Waals surface area contributed by atoms with Gasteiger partial charge in [0.1, 0.15) is 5.75 Å². The zero-order chi connectivity index (χ0) is 20.0. The third kappa shape index (κ3) is 6.15. The summed E-state index contributed by atoms with van der Waals surface area (Å²) in [7, 11) is 1.57. The summed E-state index contributed by atoms with van der Waals surface area (Å²) in [6, 6.07) is 5.65. The lowest BCUT2D eigenvalue weighted by atomic mass is 9.86. The molecule has 1 aromatic carbocycles. The van der Waals surface area contributed by atoms with E-state index in [0.29, 0.717) is 17.4 Å². The van der Waals surface area contributed by atoms with E-state index >= 15 is 0 Å². The second-order valence-electron chi connectivity index (χ2n) is 8.41. The van der Waals surface area contributed by atoms with Crippen LogP contribution in [0.1, 0.15) is 58.9 Å². The molecule has 0 aromatic heterocycles. The number of carbonyl (C=O) groups excluding carboxylic acids is 2. The van der Waals surface area contributed by atoms with Crippen LogP contribution in [0.25, 0.3) is 0 Å². The van der Waals surface area contributed by atoms with Crippen LogP contribution in [0.2, 0.25) is 0 Å². The van der Waals surface area contributed by atoms with E-state index < -0.39 is 0 Å². The molecule has 0 bridgehead atoms. The standard InChI is InChI=1S/C21H33N3O3/c1-14-8-6-7-9-16(14)24-20(26)22-13-19(25)23-17-12-15(21(2,3)4)10-11-18(17)27-5/h10-12,14,16H,6-9,13H2,1-5H3,(H,23,25)(H2,22,24,26). The minimum Gasteiger partial charge on any atom is -0.495 e. The largest absolute Gasteiger partial charge is 0.495 e. The molecule has 2 rings (SSSR count). The summed E-state index contributed by atoms with van der Waals surface area (Å²) in [5, 5.41) is 8.47. The number of methoxy groups -OCH3 is 1. The van der Waals surface area contributed by atoms with Crippen molar-refractivity contribution in [2.45, 2.75) is 64.8 Å². The van der Waals surface area contributed by atoms with Crippen molar-refractivity contribution in [1.82, 2.24) is 10.6 Å². The molecule has 0 spiro atoms. The quantitative estimate of drug-likeness (QED) is 0.732. The number of hydrogen-bond acceptors (Lipinski definition) is 3. The molecule has 3 N–H and O–H groups in total. The predicted octanol–water partition coefficient (Wildman–Crippen LogP) is 3.81. The second-order valence-corrected chi connectivity index (χ2v) is 8.41. The van der Waals surface area contributed by atoms with Crippen LogP contribution in [0.5, 0.6) is 5.75 Å². The van der Waals surface area contributed by atoms with Gasteiger partial charge in [0.25, 0.3) is 0 Å². The number of nitrogens with one attached hydrogen (secondary N) is 3. The van der Waals surface area contributed by atoms with Crippen molar-refractivity contribution in [2.24, 2.45) is 5.92 Å². The van der Waals surface area contributed by atoms with Crippen LogP contribution in [-0.4, -0.2) is 31.6 Å². The van der Waals surface area contributed by atoms with Gasteiger partial charge >= 0.3 is 6.03 Å². The molecule has 0 heterocycles. The van der Waals surface area contributed by atoms with Gasteiger partial charge in [0.15, 0.2) is 0 Å². The predicted molar refractivity (Wildman–Crippen MR) is 108 cm³/mol. The molecule has 150 valence electrons. The highest BCUT2D eigenvalue weighted by atomic mass is 16.5. The van der Waals surface area contributed by atoms with Gasteiger partial charge < -0.3 is 20.7 Å². The van der Waals surface area contributed by atoms with Crippen molar-refractivity contribution >= 4 is 17.6 Å². The molecule has 6 nitrogen and oxygen atoms in total. The summed E-state index contributed by atoms with van der Waals surface area (Å²) in [5.41, 5.74) is 1.66. The van der Waals surface area contributed by atoms with Gasteiger partial charge in [0.05, 0.1) is 19.3 Å². The van der Waals surface area contributed by atoms with Crippen molar-refractivity contribution < 1.29 is 14.3 Å². The first-order valence-corrected chi connectivity index (χ1v) is 9.73. The van der Waals surface area contributed by atoms with Crippen LogP contribution >= 0.6 is 0 Å². The molecule has 2 atom stereocenters. The fourth-order valence-electron chi connectivity index (χ4n) is 3.38. The van der Waals surface area contributed by atoms with Crippen LogP contribution < -0.4 is 20.7 Å². The fraction of sp³-hybridized carbons (Fsp3) is 0.619. The molecule has 6 heteroatoms. The second kappa shape index (κ2) is 9.11. The van der Waals surface area contributed by atoms with Crippen LogP contribution in [0.15, 0.2) is 18.2 Å². The van der Waals surface area contributed by atoms with Crippen LogP contribution in [-0.2, 0) is 10.2 Å². The van der Waals surface area contributed by atoms with Crippen molar-refractivity contribution in [2.75, 3.05) is 19.0 Å². The molecule has 27 heavy (non-hydrogen) atoms. The van der Waals surface area contributed by atoms with Crippen molar-refractivity contribution in [1.29, 1.82) is 0 Å². The van der Waals surface area contributed by atoms with Crippen molar-refractivity contribution in [3.05, 3.63) is 23.8 Å². The van der Waals surface area contributed by atoms with Gasteiger partial charge in [-0.2, -0.15) is 0 Å². The van der Waals surface area contributed by atoms with Gasteiger partial charge in [-0.3, -0.25) is 4.79 Å². The van der Waals surface area contributed by atoms with Crippen LogP contribution in [0.4, 0.5) is 10.5 Å². The SMILES string of the molecule is COc1ccc(C(C)(C)C)cc1NC(=O)CNC(=O)NC1CCCCC1C. The van der Waals surface area contributed by atoms with E-state index in [1.54, 1.807) is 7.11 Å². The Morgan fingerprint density at radius 2 is 1.89 bits per heavy atom. The molecule has 1 fully saturated rings. The Kier molecular flexibility index (Phi) is 7.11. The highest BCUT2D eigenvalue weighted by Crippen LogP contribution is 2.31. The van der Waals surface area contributed by atoms with Gasteiger partial charge in [0.2, 0.25) is 5.91 Å². The smallest absolute Gasteiger partial charge is 0.315 e. The number of ether oxygens (including phenoxy) is 1. The minimum atomic E-state index is -0.292. The Morgan fingerprint density at radius 3 is 2.52 bits per heavy atom. The molecule has 0 aliphatic heterocycles. The zero-order valence-electron chi connectivity index (χ0n) is 17.1. The number of carbonyl (C=O) groups is 2. The topological polar surface area (TPSA) is 79.5 Å². The fourth-order valence-corrected chi connectivity index (χ4v) is 3.38. The third-order valence-corrected chi connectivity index (χ3v) is 5.18. The van der Waals surface area contributed by atoms with Gasteiger partial charge in [-0.15, -0.1) is 0 Å². The molecular weight excluding hydrogens is 342 g/mol. The Morgan fingerprint density at radius 1 is 1.19 bits per heavy atom. The summed E-state index contributed by atoms with van der Waals surface area (Å²) in [5.74, 6) is 0.783.